The molecular formula is C12H13BrNS+. The second-order valence-corrected chi connectivity index (χ2v) is 5.35. The van der Waals surface area contributed by atoms with Gasteiger partial charge in [0.25, 0.3) is 0 Å². The van der Waals surface area contributed by atoms with Crippen LogP contribution in [0.3, 0.4) is 0 Å². The van der Waals surface area contributed by atoms with Crippen molar-refractivity contribution in [2.45, 2.75) is 13.1 Å². The van der Waals surface area contributed by atoms with Gasteiger partial charge in [-0.15, -0.1) is 11.3 Å². The lowest BCUT2D eigenvalue weighted by Crippen LogP contribution is -2.80. The molecule has 78 valence electrons. The topological polar surface area (TPSA) is 16.6 Å². The summed E-state index contributed by atoms with van der Waals surface area (Å²) in [5.74, 6) is 0. The number of nitrogens with two attached hydrogens (primary N) is 1. The molecule has 0 radical (unpaired) electrons. The summed E-state index contributed by atoms with van der Waals surface area (Å²) < 4.78 is 1.14. The standard InChI is InChI=1S/C12H12BrNS/c13-11-5-3-10(4-6-11)8-14-9-12-2-1-7-15-12/h1-7,14H,8-9H2/p+1. The van der Waals surface area contributed by atoms with Crippen molar-refractivity contribution in [1.82, 2.24) is 0 Å². The first-order chi connectivity index (χ1) is 7.34. The zero-order chi connectivity index (χ0) is 10.5. The largest absolute Gasteiger partial charge is 0.338 e. The van der Waals surface area contributed by atoms with Crippen molar-refractivity contribution in [2.75, 3.05) is 0 Å². The van der Waals surface area contributed by atoms with Crippen molar-refractivity contribution in [2.24, 2.45) is 0 Å². The van der Waals surface area contributed by atoms with E-state index >= 15 is 0 Å². The Morgan fingerprint density at radius 3 is 2.53 bits per heavy atom. The summed E-state index contributed by atoms with van der Waals surface area (Å²) in [7, 11) is 0. The molecule has 2 N–H and O–H groups in total. The average Bonchev–Trinajstić information content (AvgIpc) is 2.74. The molecule has 1 heterocycles. The van der Waals surface area contributed by atoms with Crippen molar-refractivity contribution in [1.29, 1.82) is 0 Å². The van der Waals surface area contributed by atoms with E-state index in [-0.39, 0.29) is 0 Å². The highest BCUT2D eigenvalue weighted by molar-refractivity contribution is 9.10. The summed E-state index contributed by atoms with van der Waals surface area (Å²) in [4.78, 5) is 1.44. The third-order valence-electron chi connectivity index (χ3n) is 2.22. The third kappa shape index (κ3) is 3.45. The van der Waals surface area contributed by atoms with Gasteiger partial charge in [0.1, 0.15) is 13.1 Å². The van der Waals surface area contributed by atoms with Gasteiger partial charge < -0.3 is 5.32 Å². The van der Waals surface area contributed by atoms with Crippen molar-refractivity contribution in [3.8, 4) is 0 Å². The molecule has 0 fully saturated rings. The summed E-state index contributed by atoms with van der Waals surface area (Å²) in [6.07, 6.45) is 0. The third-order valence-corrected chi connectivity index (χ3v) is 3.65. The Kier molecular flexibility index (Phi) is 3.94. The number of hydrogen-bond donors (Lipinski definition) is 1. The minimum atomic E-state index is 1.05. The zero-order valence-corrected chi connectivity index (χ0v) is 10.7. The van der Waals surface area contributed by atoms with E-state index in [1.807, 2.05) is 11.3 Å². The summed E-state index contributed by atoms with van der Waals surface area (Å²) in [5, 5.41) is 4.46. The normalized spacial score (nSPS) is 10.5. The van der Waals surface area contributed by atoms with Crippen LogP contribution < -0.4 is 5.32 Å². The maximum absolute atomic E-state index is 3.44. The first kappa shape index (κ1) is 10.9. The quantitative estimate of drug-likeness (QED) is 0.888. The van der Waals surface area contributed by atoms with Gasteiger partial charge in [-0.1, -0.05) is 34.1 Å². The minimum Gasteiger partial charge on any atom is -0.338 e. The van der Waals surface area contributed by atoms with Crippen LogP contribution in [0.15, 0.2) is 46.3 Å². The first-order valence-electron chi connectivity index (χ1n) is 4.93. The van der Waals surface area contributed by atoms with Crippen molar-refractivity contribution < 1.29 is 5.32 Å². The van der Waals surface area contributed by atoms with Crippen LogP contribution in [-0.4, -0.2) is 0 Å². The Morgan fingerprint density at radius 2 is 1.87 bits per heavy atom. The van der Waals surface area contributed by atoms with E-state index in [9.17, 15) is 0 Å². The summed E-state index contributed by atoms with van der Waals surface area (Å²) in [6.45, 7) is 2.12. The number of halogens is 1. The van der Waals surface area contributed by atoms with Gasteiger partial charge in [0.2, 0.25) is 0 Å². The molecule has 0 atom stereocenters. The van der Waals surface area contributed by atoms with Crippen LogP contribution in [0.5, 0.6) is 0 Å². The monoisotopic (exact) mass is 282 g/mol. The van der Waals surface area contributed by atoms with Crippen molar-refractivity contribution >= 4 is 27.3 Å². The van der Waals surface area contributed by atoms with Crippen molar-refractivity contribution in [3.05, 3.63) is 56.7 Å². The van der Waals surface area contributed by atoms with E-state index in [4.69, 9.17) is 0 Å². The van der Waals surface area contributed by atoms with Crippen LogP contribution >= 0.6 is 27.3 Å². The summed E-state index contributed by atoms with van der Waals surface area (Å²) in [6, 6.07) is 12.8. The zero-order valence-electron chi connectivity index (χ0n) is 8.32. The fourth-order valence-corrected chi connectivity index (χ4v) is 2.40. The Balaban J connectivity index is 1.81. The van der Waals surface area contributed by atoms with Gasteiger partial charge in [-0.3, -0.25) is 0 Å². The number of hydrogen-bond acceptors (Lipinski definition) is 1. The second kappa shape index (κ2) is 5.45. The number of benzene rings is 1. The van der Waals surface area contributed by atoms with E-state index in [2.05, 4.69) is 63.0 Å². The number of quaternary nitrogens is 1. The summed E-state index contributed by atoms with van der Waals surface area (Å²) in [5.41, 5.74) is 1.37. The minimum absolute atomic E-state index is 1.05. The van der Waals surface area contributed by atoms with Gasteiger partial charge in [0, 0.05) is 10.0 Å². The van der Waals surface area contributed by atoms with E-state index in [1.54, 1.807) is 0 Å². The predicted molar refractivity (Wildman–Crippen MR) is 67.8 cm³/mol. The van der Waals surface area contributed by atoms with Gasteiger partial charge in [0.15, 0.2) is 0 Å². The Labute approximate surface area is 102 Å². The van der Waals surface area contributed by atoms with Gasteiger partial charge in [-0.2, -0.15) is 0 Å². The SMILES string of the molecule is Brc1ccc(C[NH2+]Cc2cccs2)cc1. The summed E-state index contributed by atoms with van der Waals surface area (Å²) >= 11 is 5.26. The Bertz CT molecular complexity index is 394. The molecule has 2 rings (SSSR count). The van der Waals surface area contributed by atoms with Crippen LogP contribution in [0.4, 0.5) is 0 Å². The van der Waals surface area contributed by atoms with Crippen LogP contribution in [-0.2, 0) is 13.1 Å². The molecule has 0 spiro atoms. The molecule has 15 heavy (non-hydrogen) atoms. The van der Waals surface area contributed by atoms with Crippen molar-refractivity contribution in [3.63, 3.8) is 0 Å². The van der Waals surface area contributed by atoms with Gasteiger partial charge in [0.05, 0.1) is 4.88 Å². The Morgan fingerprint density at radius 1 is 1.07 bits per heavy atom. The highest BCUT2D eigenvalue weighted by Crippen LogP contribution is 2.09. The molecule has 0 unspecified atom stereocenters. The van der Waals surface area contributed by atoms with E-state index < -0.39 is 0 Å². The first-order valence-corrected chi connectivity index (χ1v) is 6.60. The van der Waals surface area contributed by atoms with Crippen LogP contribution in [0.2, 0.25) is 0 Å². The molecule has 0 bridgehead atoms. The van der Waals surface area contributed by atoms with Gasteiger partial charge in [-0.25, -0.2) is 0 Å². The fourth-order valence-electron chi connectivity index (χ4n) is 1.43. The molecular weight excluding hydrogens is 270 g/mol. The molecule has 0 amide bonds. The van der Waals surface area contributed by atoms with Gasteiger partial charge >= 0.3 is 0 Å². The van der Waals surface area contributed by atoms with Crippen LogP contribution in [0.1, 0.15) is 10.4 Å². The maximum Gasteiger partial charge on any atom is 0.111 e. The molecule has 0 aliphatic heterocycles. The average molecular weight is 283 g/mol. The molecule has 3 heteroatoms. The van der Waals surface area contributed by atoms with E-state index in [1.165, 1.54) is 10.4 Å². The highest BCUT2D eigenvalue weighted by Gasteiger charge is 1.97. The molecule has 0 saturated heterocycles. The molecule has 1 nitrogen and oxygen atoms in total. The second-order valence-electron chi connectivity index (χ2n) is 3.40. The number of thiophene rings is 1. The lowest BCUT2D eigenvalue weighted by Gasteiger charge is -2.00. The van der Waals surface area contributed by atoms with Crippen LogP contribution in [0, 0.1) is 0 Å². The lowest BCUT2D eigenvalue weighted by atomic mass is 10.2. The molecule has 1 aromatic carbocycles. The van der Waals surface area contributed by atoms with Crippen LogP contribution in [0.25, 0.3) is 0 Å². The number of rotatable bonds is 4. The fraction of sp³-hybridized carbons (Fsp3) is 0.167. The molecule has 1 aromatic heterocycles. The molecule has 2 aromatic rings. The maximum atomic E-state index is 3.44. The smallest absolute Gasteiger partial charge is 0.111 e. The van der Waals surface area contributed by atoms with E-state index in [0.29, 0.717) is 0 Å². The molecule has 0 aliphatic rings. The Hall–Kier alpha value is -0.640. The molecule has 0 saturated carbocycles. The molecule has 0 aliphatic carbocycles. The lowest BCUT2D eigenvalue weighted by molar-refractivity contribution is -0.685. The van der Waals surface area contributed by atoms with Gasteiger partial charge in [-0.05, 0) is 23.6 Å². The predicted octanol–water partition coefficient (Wildman–Crippen LogP) is 2.77. The van der Waals surface area contributed by atoms with E-state index in [0.717, 1.165) is 17.6 Å². The highest BCUT2D eigenvalue weighted by atomic mass is 79.9.